The first-order chi connectivity index (χ1) is 7.60. The van der Waals surface area contributed by atoms with Crippen LogP contribution in [-0.2, 0) is 10.1 Å². The third-order valence-corrected chi connectivity index (χ3v) is 3.30. The molecule has 0 bridgehead atoms. The molecule has 17 heavy (non-hydrogen) atoms. The Morgan fingerprint density at radius 2 is 1.88 bits per heavy atom. The first-order valence-corrected chi connectivity index (χ1v) is 7.62. The molecule has 0 heterocycles. The van der Waals surface area contributed by atoms with Gasteiger partial charge in [0.05, 0.1) is 11.4 Å². The topological polar surface area (TPSA) is 86.6 Å². The smallest absolute Gasteiger partial charge is 0.264 e. The zero-order chi connectivity index (χ0) is 13.5. The van der Waals surface area contributed by atoms with E-state index in [1.165, 1.54) is 0 Å². The van der Waals surface area contributed by atoms with E-state index in [0.717, 1.165) is 19.3 Å². The predicted octanol–water partition coefficient (Wildman–Crippen LogP) is 1.18. The molecule has 0 aliphatic rings. The molecule has 0 aromatic carbocycles. The molecular weight excluding hydrogens is 242 g/mol. The molecule has 3 N–H and O–H groups in total. The quantitative estimate of drug-likeness (QED) is 0.431. The highest BCUT2D eigenvalue weighted by Crippen LogP contribution is 2.12. The van der Waals surface area contributed by atoms with Crippen LogP contribution in [0.25, 0.3) is 0 Å². The highest BCUT2D eigenvalue weighted by molar-refractivity contribution is 7.85. The number of hydrogen-bond donors (Lipinski definition) is 3. The minimum Gasteiger partial charge on any atom is -0.390 e. The van der Waals surface area contributed by atoms with Gasteiger partial charge in [-0.2, -0.15) is 8.42 Å². The monoisotopic (exact) mass is 267 g/mol. The Morgan fingerprint density at radius 3 is 2.35 bits per heavy atom. The molecule has 0 saturated heterocycles. The summed E-state index contributed by atoms with van der Waals surface area (Å²) in [5, 5.41) is 12.7. The summed E-state index contributed by atoms with van der Waals surface area (Å²) in [6.45, 7) is 6.18. The van der Waals surface area contributed by atoms with Crippen molar-refractivity contribution in [1.29, 1.82) is 0 Å². The van der Waals surface area contributed by atoms with E-state index in [4.69, 9.17) is 4.55 Å². The van der Waals surface area contributed by atoms with Gasteiger partial charge in [-0.15, -0.1) is 0 Å². The largest absolute Gasteiger partial charge is 0.390 e. The third kappa shape index (κ3) is 13.8. The lowest BCUT2D eigenvalue weighted by Gasteiger charge is -2.19. The van der Waals surface area contributed by atoms with Crippen LogP contribution in [0.15, 0.2) is 0 Å². The van der Waals surface area contributed by atoms with Crippen molar-refractivity contribution in [2.75, 3.05) is 12.3 Å². The van der Waals surface area contributed by atoms with Gasteiger partial charge in [0, 0.05) is 6.04 Å². The van der Waals surface area contributed by atoms with Crippen molar-refractivity contribution in [3.63, 3.8) is 0 Å². The van der Waals surface area contributed by atoms with E-state index in [2.05, 4.69) is 5.32 Å². The minimum absolute atomic E-state index is 0.198. The van der Waals surface area contributed by atoms with Gasteiger partial charge in [0.1, 0.15) is 0 Å². The molecule has 6 heteroatoms. The van der Waals surface area contributed by atoms with Gasteiger partial charge in [-0.3, -0.25) is 4.55 Å². The van der Waals surface area contributed by atoms with Crippen LogP contribution in [0.1, 0.15) is 46.5 Å². The van der Waals surface area contributed by atoms with E-state index in [9.17, 15) is 13.5 Å². The predicted molar refractivity (Wildman–Crippen MR) is 68.6 cm³/mol. The van der Waals surface area contributed by atoms with E-state index in [-0.39, 0.29) is 5.75 Å². The molecular formula is C11H25NO4S. The average molecular weight is 267 g/mol. The van der Waals surface area contributed by atoms with Crippen molar-refractivity contribution >= 4 is 10.1 Å². The summed E-state index contributed by atoms with van der Waals surface area (Å²) in [6, 6.07) is 0.291. The molecule has 0 amide bonds. The maximum absolute atomic E-state index is 10.5. The van der Waals surface area contributed by atoms with Gasteiger partial charge >= 0.3 is 0 Å². The molecule has 0 rings (SSSR count). The van der Waals surface area contributed by atoms with Gasteiger partial charge in [-0.1, -0.05) is 0 Å². The number of hydrogen-bond acceptors (Lipinski definition) is 4. The Bertz CT molecular complexity index is 295. The normalized spacial score (nSPS) is 14.9. The van der Waals surface area contributed by atoms with E-state index >= 15 is 0 Å². The Hall–Kier alpha value is -0.170. The Morgan fingerprint density at radius 1 is 1.29 bits per heavy atom. The van der Waals surface area contributed by atoms with Gasteiger partial charge in [0.25, 0.3) is 10.1 Å². The van der Waals surface area contributed by atoms with Crippen molar-refractivity contribution in [2.45, 2.75) is 58.1 Å². The molecule has 5 nitrogen and oxygen atoms in total. The van der Waals surface area contributed by atoms with Crippen LogP contribution in [0, 0.1) is 0 Å². The van der Waals surface area contributed by atoms with Gasteiger partial charge in [0.15, 0.2) is 0 Å². The molecule has 0 aromatic heterocycles. The average Bonchev–Trinajstić information content (AvgIpc) is 2.09. The summed E-state index contributed by atoms with van der Waals surface area (Å²) in [5.41, 5.74) is -0.620. The summed E-state index contributed by atoms with van der Waals surface area (Å²) < 4.78 is 29.4. The maximum Gasteiger partial charge on any atom is 0.264 e. The fraction of sp³-hybridized carbons (Fsp3) is 1.00. The zero-order valence-electron chi connectivity index (χ0n) is 10.9. The summed E-state index contributed by atoms with van der Waals surface area (Å²) in [6.07, 6.45) is 3.03. The van der Waals surface area contributed by atoms with Gasteiger partial charge in [-0.25, -0.2) is 0 Å². The summed E-state index contributed by atoms with van der Waals surface area (Å²) in [7, 11) is -3.83. The number of nitrogens with one attached hydrogen (secondary N) is 1. The van der Waals surface area contributed by atoms with Gasteiger partial charge < -0.3 is 10.4 Å². The Balaban J connectivity index is 3.51. The molecule has 0 spiro atoms. The van der Waals surface area contributed by atoms with Gasteiger partial charge in [0.2, 0.25) is 0 Å². The van der Waals surface area contributed by atoms with Gasteiger partial charge in [-0.05, 0) is 53.0 Å². The second-order valence-electron chi connectivity index (χ2n) is 5.20. The van der Waals surface area contributed by atoms with Crippen molar-refractivity contribution in [3.8, 4) is 0 Å². The van der Waals surface area contributed by atoms with E-state index in [1.54, 1.807) is 13.8 Å². The highest BCUT2D eigenvalue weighted by atomic mass is 32.2. The van der Waals surface area contributed by atoms with E-state index < -0.39 is 15.7 Å². The molecule has 0 saturated carbocycles. The van der Waals surface area contributed by atoms with Crippen LogP contribution in [0.5, 0.6) is 0 Å². The van der Waals surface area contributed by atoms with E-state index in [0.29, 0.717) is 19.0 Å². The van der Waals surface area contributed by atoms with E-state index in [1.807, 2.05) is 6.92 Å². The third-order valence-electron chi connectivity index (χ3n) is 2.50. The summed E-state index contributed by atoms with van der Waals surface area (Å²) >= 11 is 0. The summed E-state index contributed by atoms with van der Waals surface area (Å²) in [5.74, 6) is -0.198. The zero-order valence-corrected chi connectivity index (χ0v) is 11.8. The first kappa shape index (κ1) is 16.8. The van der Waals surface area contributed by atoms with Crippen LogP contribution >= 0.6 is 0 Å². The standard InChI is InChI=1S/C11H25NO4S/c1-10(6-4-7-11(2,3)13)12-8-5-9-17(14,15)16/h10,12-13H,4-9H2,1-3H3,(H,14,15,16). The molecule has 0 aliphatic carbocycles. The molecule has 0 radical (unpaired) electrons. The number of aliphatic hydroxyl groups is 1. The summed E-state index contributed by atoms with van der Waals surface area (Å²) in [4.78, 5) is 0. The molecule has 1 unspecified atom stereocenters. The second-order valence-corrected chi connectivity index (χ2v) is 6.77. The number of rotatable bonds is 9. The second kappa shape index (κ2) is 7.31. The maximum atomic E-state index is 10.5. The fourth-order valence-electron chi connectivity index (χ4n) is 1.55. The lowest BCUT2D eigenvalue weighted by molar-refractivity contribution is 0.0675. The highest BCUT2D eigenvalue weighted by Gasteiger charge is 2.12. The van der Waals surface area contributed by atoms with Crippen molar-refractivity contribution in [2.24, 2.45) is 0 Å². The van der Waals surface area contributed by atoms with Crippen molar-refractivity contribution < 1.29 is 18.1 Å². The first-order valence-electron chi connectivity index (χ1n) is 6.01. The van der Waals surface area contributed by atoms with Crippen molar-refractivity contribution in [1.82, 2.24) is 5.32 Å². The lowest BCUT2D eigenvalue weighted by Crippen LogP contribution is -2.29. The van der Waals surface area contributed by atoms with Crippen LogP contribution in [0.3, 0.4) is 0 Å². The Labute approximate surface area is 104 Å². The van der Waals surface area contributed by atoms with Crippen LogP contribution in [0.4, 0.5) is 0 Å². The van der Waals surface area contributed by atoms with Crippen LogP contribution in [-0.4, -0.2) is 42.0 Å². The Kier molecular flexibility index (Phi) is 7.23. The van der Waals surface area contributed by atoms with Crippen LogP contribution in [0.2, 0.25) is 0 Å². The molecule has 104 valence electrons. The molecule has 1 atom stereocenters. The SMILES string of the molecule is CC(CCCC(C)(C)O)NCCCS(=O)(=O)O. The fourth-order valence-corrected chi connectivity index (χ4v) is 2.06. The molecule has 0 aromatic rings. The molecule has 0 aliphatic heterocycles. The molecule has 0 fully saturated rings. The van der Waals surface area contributed by atoms with Crippen LogP contribution < -0.4 is 5.32 Å². The lowest BCUT2D eigenvalue weighted by atomic mass is 10.00. The minimum atomic E-state index is -3.83. The van der Waals surface area contributed by atoms with Crippen molar-refractivity contribution in [3.05, 3.63) is 0 Å².